The summed E-state index contributed by atoms with van der Waals surface area (Å²) in [6.45, 7) is 27.7. The number of carbonyl (C=O) groups is 6. The molecule has 616 valence electrons. The zero-order chi connectivity index (χ0) is 80.4. The number of halogens is 1. The van der Waals surface area contributed by atoms with E-state index in [0.717, 1.165) is 18.4 Å². The van der Waals surface area contributed by atoms with Crippen molar-refractivity contribution in [3.05, 3.63) is 23.3 Å². The van der Waals surface area contributed by atoms with Crippen LogP contribution in [-0.2, 0) is 80.9 Å². The molecule has 2 bridgehead atoms. The maximum Gasteiger partial charge on any atom is 0.329 e. The van der Waals surface area contributed by atoms with Crippen molar-refractivity contribution < 1.29 is 117 Å². The minimum Gasteiger partial charge on any atom is -0.459 e. The van der Waals surface area contributed by atoms with Gasteiger partial charge in [-0.3, -0.25) is 24.0 Å². The Hall–Kier alpha value is -3.49. The third-order valence-electron chi connectivity index (χ3n) is 24.7. The van der Waals surface area contributed by atoms with Gasteiger partial charge in [0.15, 0.2) is 12.6 Å². The summed E-state index contributed by atoms with van der Waals surface area (Å²) in [5, 5.41) is 81.2. The Labute approximate surface area is 641 Å². The summed E-state index contributed by atoms with van der Waals surface area (Å²) >= 11 is 6.52. The maximum absolute atomic E-state index is 14.3. The Balaban J connectivity index is 0.000000337. The third kappa shape index (κ3) is 22.1. The van der Waals surface area contributed by atoms with Gasteiger partial charge in [0.2, 0.25) is 5.79 Å². The van der Waals surface area contributed by atoms with Gasteiger partial charge in [-0.1, -0.05) is 73.1 Å². The Morgan fingerprint density at radius 1 is 0.729 bits per heavy atom. The average Bonchev–Trinajstić information content (AvgIpc) is 0.765. The molecule has 1 aliphatic carbocycles. The number of allylic oxidation sites excluding steroid dienone is 3. The van der Waals surface area contributed by atoms with Crippen LogP contribution in [-0.4, -0.2) is 268 Å². The van der Waals surface area contributed by atoms with Crippen LogP contribution < -0.4 is 0 Å². The SMILES string of the molecule is CC[C@@H]1/C=C(\C)C[C@H](C)C[C@H](OC)[C@H]2O[C@@](O)(C(=O)C(=O)N3CCCC[C@H]3C(=O)O[C@H](/C(C)=C/[C@@H]3CC[C@H](Cl)[C@H](OC)C3)[C@H](C)[C@@H](O)CC1=O)[C@H](C)C[C@@H]2OC.CC[C@H]1OC(=O)[C@H](C)[C@@H](O[C@H]2C[C@@](C)(OC)[C@@H](O)[C@H](C)O2)[C@H](C)[C@@H](O[C@@H]2O[C@H](C)C[C@H](N(C)C)[C@H]2O)[C@](C)(O)C[C@@H](C)C(=O)[C@H](C)[C@@H](O)[C@]1(C)O. The van der Waals surface area contributed by atoms with Gasteiger partial charge in [-0.25, -0.2) is 4.79 Å². The first-order valence-corrected chi connectivity index (χ1v) is 39.7. The van der Waals surface area contributed by atoms with Crippen molar-refractivity contribution in [2.75, 3.05) is 49.1 Å². The van der Waals surface area contributed by atoms with Crippen molar-refractivity contribution in [2.24, 2.45) is 53.3 Å². The van der Waals surface area contributed by atoms with E-state index in [1.807, 2.05) is 58.8 Å². The fraction of sp³-hybridized carbons (Fsp3) is 0.875. The van der Waals surface area contributed by atoms with Crippen molar-refractivity contribution in [3.8, 4) is 0 Å². The topological polar surface area (TPSA) is 352 Å². The van der Waals surface area contributed by atoms with Gasteiger partial charge in [0.1, 0.15) is 53.7 Å². The lowest BCUT2D eigenvalue weighted by Gasteiger charge is -2.49. The summed E-state index contributed by atoms with van der Waals surface area (Å²) < 4.78 is 66.9. The summed E-state index contributed by atoms with van der Waals surface area (Å²) in [5.41, 5.74) is -3.13. The Bertz CT molecular complexity index is 2990. The van der Waals surface area contributed by atoms with E-state index in [0.29, 0.717) is 50.5 Å². The van der Waals surface area contributed by atoms with E-state index in [9.17, 15) is 64.5 Å². The largest absolute Gasteiger partial charge is 0.459 e. The molecule has 0 radical (unpaired) electrons. The Kier molecular flexibility index (Phi) is 34.1. The number of methoxy groups -OCH3 is 4. The number of hydrogen-bond acceptors (Lipinski definition) is 25. The van der Waals surface area contributed by atoms with Crippen molar-refractivity contribution in [2.45, 2.75) is 345 Å². The summed E-state index contributed by atoms with van der Waals surface area (Å²) in [4.78, 5) is 87.5. The lowest BCUT2D eigenvalue weighted by atomic mass is 9.74. The lowest BCUT2D eigenvalue weighted by molar-refractivity contribution is -0.318. The van der Waals surface area contributed by atoms with Crippen LogP contribution in [0.25, 0.3) is 0 Å². The second-order valence-corrected chi connectivity index (χ2v) is 34.1. The quantitative estimate of drug-likeness (QED) is 0.0406. The minimum atomic E-state index is -2.49. The smallest absolute Gasteiger partial charge is 0.329 e. The molecule has 6 aliphatic heterocycles. The standard InChI is InChI=1S/C43H68ClNO11.C37H67NO13/c1-10-30-18-24(2)17-25(3)19-36(53-8)39-37(54-9)21-27(5)43(51,56-39)40(48)41(49)45-16-12-11-13-32(45)42(50)55-38(28(6)33(46)23-34(30)47)26(4)20-29-14-15-31(44)35(22-29)52-7;1-14-25-37(10,45)30(41)20(4)27(39)18(2)16-35(8,44)32(51-34-28(40)24(38(11)12)15-19(3)47-34)21(5)29(22(6)33(43)49-25)50-26-17-36(9,46-13)31(42)23(7)48-26/h18,20,25,27-33,35-39,46,51H,10-17,19,21-23H2,1-9H3;18-26,28-32,34,40-42,44-45H,14-17H2,1-13H3/b24-18+,26-20+;/t25-,27+,28+,29-,30+,31-,32-,33-,35+,36-,37-,38+,39+,43+;18-,19-,20+,21+,22-,23+,24+,25-,26+,28-,29+,30-,31+,32-,34+,35-,36-,37-/m01/s1. The predicted molar refractivity (Wildman–Crippen MR) is 398 cm³/mol. The third-order valence-corrected chi connectivity index (χ3v) is 25.2. The van der Waals surface area contributed by atoms with E-state index in [2.05, 4.69) is 6.92 Å². The van der Waals surface area contributed by atoms with Gasteiger partial charge in [-0.2, -0.15) is 0 Å². The molecular formula is C80H135ClN2O24. The number of Topliss-reactive ketones (excluding diaryl/α,β-unsaturated/α-hetero) is 3. The number of ether oxygens (including phenoxy) is 11. The molecule has 5 saturated heterocycles. The molecule has 107 heavy (non-hydrogen) atoms. The summed E-state index contributed by atoms with van der Waals surface area (Å²) in [7, 11) is 9.89. The number of rotatable bonds is 13. The normalized spacial score (nSPS) is 45.5. The lowest BCUT2D eigenvalue weighted by Crippen LogP contribution is -2.64. The number of hydrogen-bond donors (Lipinski definition) is 7. The molecule has 0 aromatic heterocycles. The first-order valence-electron chi connectivity index (χ1n) is 39.2. The van der Waals surface area contributed by atoms with Crippen LogP contribution in [0.3, 0.4) is 0 Å². The van der Waals surface area contributed by atoms with Gasteiger partial charge in [-0.15, -0.1) is 11.6 Å². The van der Waals surface area contributed by atoms with Crippen molar-refractivity contribution in [1.29, 1.82) is 0 Å². The number of carbonyl (C=O) groups excluding carboxylic acids is 6. The fourth-order valence-electron chi connectivity index (χ4n) is 17.8. The molecule has 1 amide bonds. The minimum absolute atomic E-state index is 0.0425. The van der Waals surface area contributed by atoms with Crippen LogP contribution in [0.2, 0.25) is 0 Å². The van der Waals surface area contributed by atoms with Crippen LogP contribution in [0.1, 0.15) is 207 Å². The Morgan fingerprint density at radius 3 is 1.96 bits per heavy atom. The van der Waals surface area contributed by atoms with Crippen LogP contribution in [0.5, 0.6) is 0 Å². The second kappa shape index (κ2) is 39.5. The molecule has 6 heterocycles. The number of aliphatic hydroxyl groups is 7. The van der Waals surface area contributed by atoms with Gasteiger partial charge in [0.25, 0.3) is 11.7 Å². The number of alkyl halides is 1. The highest BCUT2D eigenvalue weighted by Crippen LogP contribution is 2.44. The Morgan fingerprint density at radius 2 is 1.36 bits per heavy atom. The molecule has 7 aliphatic rings. The highest BCUT2D eigenvalue weighted by Gasteiger charge is 2.58. The second-order valence-electron chi connectivity index (χ2n) is 33.6. The van der Waals surface area contributed by atoms with Crippen molar-refractivity contribution >= 4 is 46.8 Å². The van der Waals surface area contributed by atoms with Gasteiger partial charge in [0.05, 0.1) is 77.4 Å². The van der Waals surface area contributed by atoms with E-state index in [1.165, 1.54) is 47.0 Å². The summed E-state index contributed by atoms with van der Waals surface area (Å²) in [6, 6.07) is -1.44. The molecule has 0 spiro atoms. The first-order chi connectivity index (χ1) is 49.9. The molecule has 32 atom stereocenters. The van der Waals surface area contributed by atoms with E-state index >= 15 is 0 Å². The maximum atomic E-state index is 14.3. The zero-order valence-electron chi connectivity index (χ0n) is 68.0. The number of amides is 1. The molecule has 0 aromatic carbocycles. The fourth-order valence-corrected chi connectivity index (χ4v) is 18.1. The van der Waals surface area contributed by atoms with E-state index in [1.54, 1.807) is 62.5 Å². The van der Waals surface area contributed by atoms with Gasteiger partial charge < -0.3 is 97.7 Å². The molecule has 6 fully saturated rings. The van der Waals surface area contributed by atoms with Gasteiger partial charge in [0, 0.05) is 89.4 Å². The average molecular weight is 1540 g/mol. The van der Waals surface area contributed by atoms with E-state index in [-0.39, 0.29) is 86.3 Å². The molecule has 0 unspecified atom stereocenters. The molecule has 1 saturated carbocycles. The molecular weight excluding hydrogens is 1410 g/mol. The molecule has 27 heteroatoms. The molecule has 26 nitrogen and oxygen atoms in total. The molecule has 7 rings (SSSR count). The molecule has 0 aromatic rings. The zero-order valence-corrected chi connectivity index (χ0v) is 68.7. The van der Waals surface area contributed by atoms with Crippen LogP contribution in [0.15, 0.2) is 23.3 Å². The number of cyclic esters (lactones) is 2. The van der Waals surface area contributed by atoms with Crippen molar-refractivity contribution in [3.63, 3.8) is 0 Å². The highest BCUT2D eigenvalue weighted by molar-refractivity contribution is 6.39. The molecule has 7 N–H and O–H groups in total. The van der Waals surface area contributed by atoms with E-state index in [4.69, 9.17) is 63.7 Å². The number of ketones is 3. The van der Waals surface area contributed by atoms with E-state index < -0.39 is 185 Å². The number of esters is 2. The van der Waals surface area contributed by atoms with Gasteiger partial charge >= 0.3 is 11.9 Å². The predicted octanol–water partition coefficient (Wildman–Crippen LogP) is 7.51. The summed E-state index contributed by atoms with van der Waals surface area (Å²) in [6.07, 6.45) is -4.54. The number of piperidine rings is 1. The number of fused-ring (bicyclic) bond motifs is 3. The van der Waals surface area contributed by atoms with Crippen LogP contribution >= 0.6 is 11.6 Å². The van der Waals surface area contributed by atoms with Crippen LogP contribution in [0.4, 0.5) is 0 Å². The van der Waals surface area contributed by atoms with Gasteiger partial charge in [-0.05, 0) is 170 Å². The summed E-state index contributed by atoms with van der Waals surface area (Å²) in [5.74, 6) is -12.3. The number of nitrogens with zero attached hydrogens (tertiary/aromatic N) is 2. The number of aliphatic hydroxyl groups excluding tert-OH is 4. The van der Waals surface area contributed by atoms with Crippen LogP contribution in [0, 0.1) is 53.3 Å². The van der Waals surface area contributed by atoms with Crippen molar-refractivity contribution in [1.82, 2.24) is 9.80 Å². The number of likely N-dealkylation sites (N-methyl/N-ethyl adjacent to an activating group) is 1. The highest BCUT2D eigenvalue weighted by atomic mass is 35.5. The monoisotopic (exact) mass is 1540 g/mol. The first kappa shape index (κ1) is 92.4.